The first-order valence-corrected chi connectivity index (χ1v) is 7.72. The first-order chi connectivity index (χ1) is 10.6. The van der Waals surface area contributed by atoms with Crippen molar-refractivity contribution in [2.75, 3.05) is 0 Å². The molecule has 0 aliphatic heterocycles. The quantitative estimate of drug-likeness (QED) is 0.347. The minimum absolute atomic E-state index is 0.285. The molecule has 0 aliphatic rings. The second-order valence-electron chi connectivity index (χ2n) is 4.96. The molecular formula is C18H24O4. The summed E-state index contributed by atoms with van der Waals surface area (Å²) >= 11 is 0. The van der Waals surface area contributed by atoms with Crippen LogP contribution in [0.3, 0.4) is 0 Å². The Balaban J connectivity index is 3.34. The predicted octanol–water partition coefficient (Wildman–Crippen LogP) is 3.62. The molecule has 2 N–H and O–H groups in total. The molecule has 0 aliphatic carbocycles. The Morgan fingerprint density at radius 1 is 0.818 bits per heavy atom. The number of rotatable bonds is 11. The summed E-state index contributed by atoms with van der Waals surface area (Å²) in [6.45, 7) is 0. The lowest BCUT2D eigenvalue weighted by Gasteiger charge is -2.00. The predicted molar refractivity (Wildman–Crippen MR) is 86.1 cm³/mol. The maximum atomic E-state index is 10.3. The summed E-state index contributed by atoms with van der Waals surface area (Å²) in [5.41, 5.74) is 0. The molecule has 0 atom stereocenters. The zero-order chi connectivity index (χ0) is 16.5. The largest absolute Gasteiger partial charge is 0.481 e. The minimum Gasteiger partial charge on any atom is -0.481 e. The van der Waals surface area contributed by atoms with Crippen molar-refractivity contribution in [3.8, 4) is 23.7 Å². The maximum Gasteiger partial charge on any atom is 0.328 e. The third kappa shape index (κ3) is 17.8. The molecule has 0 saturated carbocycles. The van der Waals surface area contributed by atoms with Crippen LogP contribution in [0.1, 0.15) is 64.2 Å². The van der Waals surface area contributed by atoms with Gasteiger partial charge in [-0.25, -0.2) is 4.79 Å². The summed E-state index contributed by atoms with van der Waals surface area (Å²) in [6.07, 6.45) is 12.0. The molecule has 0 unspecified atom stereocenters. The average Bonchev–Trinajstić information content (AvgIpc) is 2.46. The topological polar surface area (TPSA) is 74.6 Å². The number of carbonyl (C=O) groups is 2. The van der Waals surface area contributed by atoms with E-state index < -0.39 is 11.9 Å². The Hall–Kier alpha value is -2.20. The van der Waals surface area contributed by atoms with E-state index in [0.717, 1.165) is 44.6 Å². The van der Waals surface area contributed by atoms with E-state index in [2.05, 4.69) is 23.7 Å². The molecule has 0 saturated heterocycles. The summed E-state index contributed by atoms with van der Waals surface area (Å²) in [5, 5.41) is 16.8. The number of carboxylic acids is 2. The Labute approximate surface area is 132 Å². The van der Waals surface area contributed by atoms with Crippen molar-refractivity contribution in [1.29, 1.82) is 0 Å². The molecule has 0 amide bonds. The van der Waals surface area contributed by atoms with Crippen molar-refractivity contribution in [3.63, 3.8) is 0 Å². The molecular weight excluding hydrogens is 280 g/mol. The molecule has 0 bridgehead atoms. The Morgan fingerprint density at radius 3 is 2.00 bits per heavy atom. The number of hydrogen-bond donors (Lipinski definition) is 2. The third-order valence-electron chi connectivity index (χ3n) is 2.97. The number of aliphatic carboxylic acids is 2. The Kier molecular flexibility index (Phi) is 13.7. The summed E-state index contributed by atoms with van der Waals surface area (Å²) < 4.78 is 0. The first-order valence-electron chi connectivity index (χ1n) is 7.72. The molecule has 0 radical (unpaired) electrons. The molecule has 4 nitrogen and oxygen atoms in total. The van der Waals surface area contributed by atoms with Crippen LogP contribution < -0.4 is 0 Å². The normalized spacial score (nSPS) is 9.64. The van der Waals surface area contributed by atoms with Crippen molar-refractivity contribution in [3.05, 3.63) is 12.2 Å². The fourth-order valence-electron chi connectivity index (χ4n) is 1.85. The molecule has 0 spiro atoms. The highest BCUT2D eigenvalue weighted by molar-refractivity contribution is 5.80. The molecule has 0 fully saturated rings. The Morgan fingerprint density at radius 2 is 1.41 bits per heavy atom. The van der Waals surface area contributed by atoms with E-state index in [1.165, 1.54) is 25.3 Å². The summed E-state index contributed by atoms with van der Waals surface area (Å²) in [6, 6.07) is 0. The van der Waals surface area contributed by atoms with Gasteiger partial charge in [0.1, 0.15) is 0 Å². The SMILES string of the molecule is O=C(O)C=CC#CC#CCCCCCCCCCCC(=O)O. The van der Waals surface area contributed by atoms with Crippen molar-refractivity contribution in [2.24, 2.45) is 0 Å². The second-order valence-corrected chi connectivity index (χ2v) is 4.96. The van der Waals surface area contributed by atoms with E-state index in [0.29, 0.717) is 0 Å². The van der Waals surface area contributed by atoms with Crippen LogP contribution in [0, 0.1) is 23.7 Å². The summed E-state index contributed by atoms with van der Waals surface area (Å²) in [4.78, 5) is 20.5. The van der Waals surface area contributed by atoms with Gasteiger partial charge in [-0.2, -0.15) is 0 Å². The van der Waals surface area contributed by atoms with Crippen molar-refractivity contribution >= 4 is 11.9 Å². The van der Waals surface area contributed by atoms with E-state index >= 15 is 0 Å². The summed E-state index contributed by atoms with van der Waals surface area (Å²) in [5.74, 6) is 9.03. The van der Waals surface area contributed by atoms with E-state index in [9.17, 15) is 9.59 Å². The van der Waals surface area contributed by atoms with E-state index in [1.807, 2.05) is 0 Å². The fraction of sp³-hybridized carbons (Fsp3) is 0.556. The van der Waals surface area contributed by atoms with Crippen LogP contribution in [0.4, 0.5) is 0 Å². The van der Waals surface area contributed by atoms with Crippen LogP contribution in [0.15, 0.2) is 12.2 Å². The number of allylic oxidation sites excluding steroid dienone is 1. The van der Waals surface area contributed by atoms with Crippen LogP contribution in [0.25, 0.3) is 0 Å². The lowest BCUT2D eigenvalue weighted by atomic mass is 10.1. The fourth-order valence-corrected chi connectivity index (χ4v) is 1.85. The highest BCUT2D eigenvalue weighted by Crippen LogP contribution is 2.10. The van der Waals surface area contributed by atoms with Gasteiger partial charge in [0.2, 0.25) is 0 Å². The van der Waals surface area contributed by atoms with Crippen LogP contribution in [0.5, 0.6) is 0 Å². The van der Waals surface area contributed by atoms with Crippen molar-refractivity contribution in [2.45, 2.75) is 64.2 Å². The Bertz CT molecular complexity index is 469. The van der Waals surface area contributed by atoms with Crippen LogP contribution in [0.2, 0.25) is 0 Å². The van der Waals surface area contributed by atoms with Crippen LogP contribution in [-0.2, 0) is 9.59 Å². The number of carboxylic acid groups (broad SMARTS) is 2. The van der Waals surface area contributed by atoms with Crippen LogP contribution in [-0.4, -0.2) is 22.2 Å². The monoisotopic (exact) mass is 304 g/mol. The van der Waals surface area contributed by atoms with Gasteiger partial charge in [-0.15, -0.1) is 0 Å². The lowest BCUT2D eigenvalue weighted by Crippen LogP contribution is -1.93. The van der Waals surface area contributed by atoms with Gasteiger partial charge >= 0.3 is 11.9 Å². The van der Waals surface area contributed by atoms with Gasteiger partial charge in [0, 0.05) is 18.9 Å². The lowest BCUT2D eigenvalue weighted by molar-refractivity contribution is -0.137. The van der Waals surface area contributed by atoms with Gasteiger partial charge in [0.15, 0.2) is 0 Å². The molecule has 4 heteroatoms. The van der Waals surface area contributed by atoms with Gasteiger partial charge in [0.05, 0.1) is 0 Å². The average molecular weight is 304 g/mol. The van der Waals surface area contributed by atoms with E-state index in [1.54, 1.807) is 0 Å². The molecule has 22 heavy (non-hydrogen) atoms. The molecule has 120 valence electrons. The van der Waals surface area contributed by atoms with Crippen molar-refractivity contribution in [1.82, 2.24) is 0 Å². The van der Waals surface area contributed by atoms with Gasteiger partial charge < -0.3 is 10.2 Å². The van der Waals surface area contributed by atoms with E-state index in [-0.39, 0.29) is 6.42 Å². The minimum atomic E-state index is -1.01. The van der Waals surface area contributed by atoms with Crippen molar-refractivity contribution < 1.29 is 19.8 Å². The smallest absolute Gasteiger partial charge is 0.328 e. The number of unbranched alkanes of at least 4 members (excludes halogenated alkanes) is 8. The van der Waals surface area contributed by atoms with Gasteiger partial charge in [-0.1, -0.05) is 50.4 Å². The molecule has 0 aromatic carbocycles. The molecule has 0 aromatic heterocycles. The zero-order valence-electron chi connectivity index (χ0n) is 12.9. The molecule has 0 rings (SSSR count). The highest BCUT2D eigenvalue weighted by Gasteiger charge is 1.96. The first kappa shape index (κ1) is 19.8. The second kappa shape index (κ2) is 15.2. The zero-order valence-corrected chi connectivity index (χ0v) is 12.9. The van der Waals surface area contributed by atoms with E-state index in [4.69, 9.17) is 10.2 Å². The summed E-state index contributed by atoms with van der Waals surface area (Å²) in [7, 11) is 0. The van der Waals surface area contributed by atoms with Gasteiger partial charge in [-0.05, 0) is 30.8 Å². The maximum absolute atomic E-state index is 10.3. The molecule has 0 aromatic rings. The standard InChI is InChI=1S/C18H24O4/c19-17(20)15-13-11-9-7-5-3-1-2-4-6-8-10-12-14-16-18(21)22/h14,16H,1-5,7,9,11,13,15H2,(H,19,20)(H,21,22). The number of hydrogen-bond acceptors (Lipinski definition) is 2. The third-order valence-corrected chi connectivity index (χ3v) is 2.97. The van der Waals surface area contributed by atoms with Gasteiger partial charge in [-0.3, -0.25) is 4.79 Å². The van der Waals surface area contributed by atoms with Crippen LogP contribution >= 0.6 is 0 Å². The molecule has 0 heterocycles. The highest BCUT2D eigenvalue weighted by atomic mass is 16.4. The van der Waals surface area contributed by atoms with Gasteiger partial charge in [0.25, 0.3) is 0 Å².